The molecule has 0 radical (unpaired) electrons. The summed E-state index contributed by atoms with van der Waals surface area (Å²) < 4.78 is 42.1. The van der Waals surface area contributed by atoms with Crippen LogP contribution in [0.25, 0.3) is 0 Å². The van der Waals surface area contributed by atoms with Crippen LogP contribution in [0.4, 0.5) is 11.8 Å². The number of nitrogen functional groups attached to an aromatic ring is 1. The number of ether oxygens (including phenoxy) is 2. The number of aliphatic hydroxyl groups is 1. The number of nitrogens with two attached hydrogens (primary N) is 1. The van der Waals surface area contributed by atoms with Crippen molar-refractivity contribution in [2.24, 2.45) is 0 Å². The number of anilines is 2. The SMILES string of the molecule is C=C1Sc2cnc(N)nc2N1[C@@H]1O[C@H](COC(C)=O)[C@H](OS(=O)(=O)c2ccc(C)cc2)[C@H]1O. The molecule has 4 atom stereocenters. The molecular weight excluding hydrogens is 472 g/mol. The van der Waals surface area contributed by atoms with E-state index in [-0.39, 0.29) is 17.5 Å². The number of carbonyl (C=O) groups excluding carboxylic acids is 1. The first-order chi connectivity index (χ1) is 15.6. The molecule has 2 aromatic rings. The highest BCUT2D eigenvalue weighted by Gasteiger charge is 2.52. The lowest BCUT2D eigenvalue weighted by molar-refractivity contribution is -0.146. The van der Waals surface area contributed by atoms with Gasteiger partial charge in [-0.25, -0.2) is 4.98 Å². The zero-order valence-corrected chi connectivity index (χ0v) is 19.4. The highest BCUT2D eigenvalue weighted by atomic mass is 32.2. The molecule has 0 spiro atoms. The minimum absolute atomic E-state index is 0.00717. The number of aliphatic hydroxyl groups excluding tert-OH is 1. The molecule has 1 fully saturated rings. The summed E-state index contributed by atoms with van der Waals surface area (Å²) in [6.07, 6.45) is -3.54. The van der Waals surface area contributed by atoms with E-state index in [1.165, 1.54) is 41.9 Å². The van der Waals surface area contributed by atoms with Crippen molar-refractivity contribution < 1.29 is 32.0 Å². The average Bonchev–Trinajstić information content (AvgIpc) is 3.22. The number of hydrogen-bond donors (Lipinski definition) is 2. The van der Waals surface area contributed by atoms with Crippen LogP contribution in [-0.4, -0.2) is 60.6 Å². The molecule has 176 valence electrons. The molecule has 0 amide bonds. The summed E-state index contributed by atoms with van der Waals surface area (Å²) in [5.74, 6) is -0.230. The molecule has 1 saturated heterocycles. The standard InChI is InChI=1S/C20H22N4O7S2/c1-10-4-6-13(7-5-10)33(27,28)31-17-14(9-29-12(3)25)30-19(16(17)26)24-11(2)32-15-8-22-20(21)23-18(15)24/h4-8,14,16-17,19,26H,2,9H2,1,3H3,(H2,21,22,23)/t14-,16-,17+,19-/m1/s1. The van der Waals surface area contributed by atoms with Crippen molar-refractivity contribution in [1.82, 2.24) is 9.97 Å². The molecule has 0 aliphatic carbocycles. The highest BCUT2D eigenvalue weighted by molar-refractivity contribution is 8.03. The second kappa shape index (κ2) is 8.91. The molecule has 1 aromatic heterocycles. The van der Waals surface area contributed by atoms with Gasteiger partial charge in [0.25, 0.3) is 10.1 Å². The monoisotopic (exact) mass is 494 g/mol. The minimum atomic E-state index is -4.26. The van der Waals surface area contributed by atoms with Gasteiger partial charge in [-0.3, -0.25) is 13.9 Å². The van der Waals surface area contributed by atoms with Crippen molar-refractivity contribution in [3.63, 3.8) is 0 Å². The van der Waals surface area contributed by atoms with Gasteiger partial charge in [-0.15, -0.1) is 0 Å². The fourth-order valence-corrected chi connectivity index (χ4v) is 5.46. The van der Waals surface area contributed by atoms with Crippen molar-refractivity contribution in [2.75, 3.05) is 17.2 Å². The van der Waals surface area contributed by atoms with Crippen molar-refractivity contribution in [2.45, 2.75) is 48.2 Å². The van der Waals surface area contributed by atoms with Crippen LogP contribution in [0.15, 0.2) is 51.9 Å². The van der Waals surface area contributed by atoms with Gasteiger partial charge < -0.3 is 20.3 Å². The maximum absolute atomic E-state index is 12.9. The third-order valence-corrected chi connectivity index (χ3v) is 7.31. The van der Waals surface area contributed by atoms with Crippen LogP contribution in [0, 0.1) is 6.92 Å². The van der Waals surface area contributed by atoms with Gasteiger partial charge in [-0.2, -0.15) is 13.4 Å². The molecule has 3 N–H and O–H groups in total. The highest BCUT2D eigenvalue weighted by Crippen LogP contribution is 2.47. The summed E-state index contributed by atoms with van der Waals surface area (Å²) in [4.78, 5) is 21.5. The Balaban J connectivity index is 1.64. The summed E-state index contributed by atoms with van der Waals surface area (Å²) in [7, 11) is -4.26. The predicted molar refractivity (Wildman–Crippen MR) is 118 cm³/mol. The fraction of sp³-hybridized carbons (Fsp3) is 0.350. The van der Waals surface area contributed by atoms with Crippen molar-refractivity contribution >= 4 is 39.6 Å². The predicted octanol–water partition coefficient (Wildman–Crippen LogP) is 1.17. The van der Waals surface area contributed by atoms with Gasteiger partial charge in [0.05, 0.1) is 14.8 Å². The number of aryl methyl sites for hydroxylation is 1. The summed E-state index contributed by atoms with van der Waals surface area (Å²) in [5, 5.41) is 11.6. The van der Waals surface area contributed by atoms with Crippen LogP contribution in [0.1, 0.15) is 12.5 Å². The maximum Gasteiger partial charge on any atom is 0.302 e. The molecule has 3 heterocycles. The maximum atomic E-state index is 12.9. The summed E-state index contributed by atoms with van der Waals surface area (Å²) in [6, 6.07) is 6.06. The smallest absolute Gasteiger partial charge is 0.302 e. The first-order valence-electron chi connectivity index (χ1n) is 9.82. The Kier molecular flexibility index (Phi) is 6.33. The lowest BCUT2D eigenvalue weighted by Gasteiger charge is -2.28. The number of carbonyl (C=O) groups is 1. The molecule has 0 bridgehead atoms. The van der Waals surface area contributed by atoms with E-state index in [1.807, 2.05) is 6.92 Å². The Morgan fingerprint density at radius 1 is 1.36 bits per heavy atom. The van der Waals surface area contributed by atoms with E-state index in [2.05, 4.69) is 16.5 Å². The topological polar surface area (TPSA) is 154 Å². The van der Waals surface area contributed by atoms with Crippen molar-refractivity contribution in [3.05, 3.63) is 47.6 Å². The number of fused-ring (bicyclic) bond motifs is 1. The quantitative estimate of drug-likeness (QED) is 0.437. The zero-order chi connectivity index (χ0) is 23.9. The molecule has 0 saturated carbocycles. The zero-order valence-electron chi connectivity index (χ0n) is 17.7. The Bertz CT molecular complexity index is 1190. The lowest BCUT2D eigenvalue weighted by Crippen LogP contribution is -2.44. The number of esters is 1. The van der Waals surface area contributed by atoms with Gasteiger partial charge in [0, 0.05) is 13.1 Å². The van der Waals surface area contributed by atoms with Crippen molar-refractivity contribution in [3.8, 4) is 0 Å². The Hall–Kier alpha value is -2.71. The molecule has 2 aliphatic heterocycles. The summed E-state index contributed by atoms with van der Waals surface area (Å²) in [5.41, 5.74) is 6.58. The molecule has 33 heavy (non-hydrogen) atoms. The third kappa shape index (κ3) is 4.68. The number of hydrogen-bond acceptors (Lipinski definition) is 12. The van der Waals surface area contributed by atoms with Crippen LogP contribution in [0.5, 0.6) is 0 Å². The Morgan fingerprint density at radius 3 is 2.73 bits per heavy atom. The largest absolute Gasteiger partial charge is 0.463 e. The molecule has 1 aromatic carbocycles. The minimum Gasteiger partial charge on any atom is -0.463 e. The average molecular weight is 495 g/mol. The van der Waals surface area contributed by atoms with Crippen LogP contribution in [-0.2, 0) is 28.6 Å². The van der Waals surface area contributed by atoms with Gasteiger partial charge in [0.1, 0.15) is 24.9 Å². The molecule has 13 heteroatoms. The molecule has 2 aliphatic rings. The van der Waals surface area contributed by atoms with E-state index in [1.54, 1.807) is 12.1 Å². The molecule has 0 unspecified atom stereocenters. The third-order valence-electron chi connectivity index (χ3n) is 5.04. The van der Waals surface area contributed by atoms with Crippen LogP contribution >= 0.6 is 11.8 Å². The van der Waals surface area contributed by atoms with E-state index < -0.39 is 40.6 Å². The van der Waals surface area contributed by atoms with Crippen LogP contribution < -0.4 is 10.6 Å². The van der Waals surface area contributed by atoms with E-state index in [0.29, 0.717) is 15.7 Å². The second-order valence-corrected chi connectivity index (χ2v) is 10.2. The lowest BCUT2D eigenvalue weighted by atomic mass is 10.1. The van der Waals surface area contributed by atoms with Gasteiger partial charge in [0.15, 0.2) is 12.0 Å². The molecule has 11 nitrogen and oxygen atoms in total. The number of rotatable bonds is 6. The van der Waals surface area contributed by atoms with Crippen LogP contribution in [0.2, 0.25) is 0 Å². The number of aromatic nitrogens is 2. The number of nitrogens with zero attached hydrogens (tertiary/aromatic N) is 3. The second-order valence-electron chi connectivity index (χ2n) is 7.47. The van der Waals surface area contributed by atoms with Crippen molar-refractivity contribution in [1.29, 1.82) is 0 Å². The Labute approximate surface area is 194 Å². The first kappa shape index (κ1) is 23.4. The van der Waals surface area contributed by atoms with E-state index in [0.717, 1.165) is 5.56 Å². The molecule has 4 rings (SSSR count). The normalized spacial score (nSPS) is 24.7. The number of benzene rings is 1. The first-order valence-corrected chi connectivity index (χ1v) is 12.0. The van der Waals surface area contributed by atoms with Crippen LogP contribution in [0.3, 0.4) is 0 Å². The van der Waals surface area contributed by atoms with E-state index in [4.69, 9.17) is 19.4 Å². The fourth-order valence-electron chi connectivity index (χ4n) is 3.47. The van der Waals surface area contributed by atoms with Gasteiger partial charge >= 0.3 is 5.97 Å². The summed E-state index contributed by atoms with van der Waals surface area (Å²) >= 11 is 1.24. The van der Waals surface area contributed by atoms with Gasteiger partial charge in [0.2, 0.25) is 5.95 Å². The van der Waals surface area contributed by atoms with Gasteiger partial charge in [-0.05, 0) is 19.1 Å². The van der Waals surface area contributed by atoms with Gasteiger partial charge in [-0.1, -0.05) is 36.0 Å². The van der Waals surface area contributed by atoms with E-state index in [9.17, 15) is 18.3 Å². The number of thioether (sulfide) groups is 1. The molecular formula is C20H22N4O7S2. The summed E-state index contributed by atoms with van der Waals surface area (Å²) in [6.45, 7) is 6.65. The Morgan fingerprint density at radius 2 is 2.06 bits per heavy atom. The van der Waals surface area contributed by atoms with E-state index >= 15 is 0 Å².